The van der Waals surface area contributed by atoms with Crippen molar-refractivity contribution in [2.75, 3.05) is 31.1 Å². The van der Waals surface area contributed by atoms with Crippen LogP contribution >= 0.6 is 0 Å². The molecule has 0 aromatic carbocycles. The van der Waals surface area contributed by atoms with E-state index in [1.165, 1.54) is 0 Å². The summed E-state index contributed by atoms with van der Waals surface area (Å²) in [5.74, 6) is 1.70. The molecule has 1 saturated heterocycles. The van der Waals surface area contributed by atoms with E-state index < -0.39 is 9.84 Å². The largest absolute Gasteiger partial charge is 0.338 e. The van der Waals surface area contributed by atoms with Crippen molar-refractivity contribution in [1.29, 1.82) is 0 Å². The number of nitrogens with one attached hydrogen (secondary N) is 1. The van der Waals surface area contributed by atoms with Crippen molar-refractivity contribution in [2.45, 2.75) is 39.3 Å². The van der Waals surface area contributed by atoms with Gasteiger partial charge in [0.15, 0.2) is 15.7 Å². The molecule has 21 heavy (non-hydrogen) atoms. The summed E-state index contributed by atoms with van der Waals surface area (Å²) in [6, 6.07) is 0.000948. The number of likely N-dealkylation sites (N-methyl/N-ethyl adjacent to an activating group) is 1. The summed E-state index contributed by atoms with van der Waals surface area (Å²) in [7, 11) is -2.85. The first-order valence-corrected chi connectivity index (χ1v) is 9.32. The summed E-state index contributed by atoms with van der Waals surface area (Å²) in [5.41, 5.74) is 0. The fourth-order valence-corrected chi connectivity index (χ4v) is 4.16. The van der Waals surface area contributed by atoms with Crippen molar-refractivity contribution >= 4 is 9.84 Å². The van der Waals surface area contributed by atoms with E-state index in [1.807, 2.05) is 0 Å². The number of aromatic nitrogens is 2. The first-order valence-electron chi connectivity index (χ1n) is 7.50. The highest BCUT2D eigenvalue weighted by Crippen LogP contribution is 2.11. The fourth-order valence-electron chi connectivity index (χ4n) is 2.45. The Labute approximate surface area is 126 Å². The van der Waals surface area contributed by atoms with Gasteiger partial charge in [-0.25, -0.2) is 8.42 Å². The van der Waals surface area contributed by atoms with Gasteiger partial charge in [-0.2, -0.15) is 4.98 Å². The second-order valence-electron chi connectivity index (χ2n) is 5.36. The van der Waals surface area contributed by atoms with E-state index in [9.17, 15) is 8.42 Å². The van der Waals surface area contributed by atoms with Crippen LogP contribution in [0.2, 0.25) is 0 Å². The Kier molecular flexibility index (Phi) is 5.72. The molecule has 0 aliphatic carbocycles. The fraction of sp³-hybridized carbons (Fsp3) is 0.846. The molecule has 0 bridgehead atoms. The van der Waals surface area contributed by atoms with Gasteiger partial charge in [-0.3, -0.25) is 0 Å². The van der Waals surface area contributed by atoms with Gasteiger partial charge in [-0.1, -0.05) is 19.0 Å². The third kappa shape index (κ3) is 5.05. The van der Waals surface area contributed by atoms with Gasteiger partial charge in [0.2, 0.25) is 5.89 Å². The van der Waals surface area contributed by atoms with Gasteiger partial charge >= 0.3 is 0 Å². The van der Waals surface area contributed by atoms with Crippen molar-refractivity contribution in [3.8, 4) is 0 Å². The SMILES string of the molecule is CCN(CC)CCc1noc(CNC2CCS(=O)(=O)C2)n1. The molecule has 120 valence electrons. The molecule has 0 saturated carbocycles. The molecule has 1 atom stereocenters. The Hall–Kier alpha value is -0.990. The molecule has 0 radical (unpaired) electrons. The number of sulfone groups is 1. The second kappa shape index (κ2) is 7.33. The smallest absolute Gasteiger partial charge is 0.240 e. The lowest BCUT2D eigenvalue weighted by Crippen LogP contribution is -2.29. The van der Waals surface area contributed by atoms with Gasteiger partial charge in [0.05, 0.1) is 18.1 Å². The van der Waals surface area contributed by atoms with E-state index in [1.54, 1.807) is 0 Å². The molecule has 1 N–H and O–H groups in total. The summed E-state index contributed by atoms with van der Waals surface area (Å²) in [6.07, 6.45) is 1.42. The Morgan fingerprint density at radius 3 is 2.76 bits per heavy atom. The second-order valence-corrected chi connectivity index (χ2v) is 7.59. The summed E-state index contributed by atoms with van der Waals surface area (Å²) in [4.78, 5) is 6.63. The van der Waals surface area contributed by atoms with E-state index in [0.29, 0.717) is 24.7 Å². The summed E-state index contributed by atoms with van der Waals surface area (Å²) in [5, 5.41) is 7.13. The average Bonchev–Trinajstić information content (AvgIpc) is 3.04. The van der Waals surface area contributed by atoms with Crippen molar-refractivity contribution in [3.63, 3.8) is 0 Å². The van der Waals surface area contributed by atoms with Crippen molar-refractivity contribution in [3.05, 3.63) is 11.7 Å². The minimum atomic E-state index is -2.85. The molecule has 1 aromatic rings. The molecule has 8 heteroatoms. The minimum Gasteiger partial charge on any atom is -0.338 e. The maximum atomic E-state index is 11.4. The highest BCUT2D eigenvalue weighted by Gasteiger charge is 2.27. The molecule has 2 rings (SSSR count). The Morgan fingerprint density at radius 2 is 2.14 bits per heavy atom. The first kappa shape index (κ1) is 16.4. The standard InChI is InChI=1S/C13H24N4O3S/c1-3-17(4-2)7-5-12-15-13(20-16-12)9-14-11-6-8-21(18,19)10-11/h11,14H,3-10H2,1-2H3. The molecule has 7 nitrogen and oxygen atoms in total. The number of nitrogens with zero attached hydrogens (tertiary/aromatic N) is 3. The quantitative estimate of drug-likeness (QED) is 0.734. The molecule has 1 fully saturated rings. The number of hydrogen-bond donors (Lipinski definition) is 1. The highest BCUT2D eigenvalue weighted by molar-refractivity contribution is 7.91. The third-order valence-corrected chi connectivity index (χ3v) is 5.60. The molecule has 1 aliphatic heterocycles. The zero-order valence-corrected chi connectivity index (χ0v) is 13.5. The van der Waals surface area contributed by atoms with E-state index >= 15 is 0 Å². The molecule has 1 aromatic heterocycles. The Bertz CT molecular complexity index is 539. The van der Waals surface area contributed by atoms with Crippen LogP contribution in [-0.4, -0.2) is 60.6 Å². The van der Waals surface area contributed by atoms with Crippen LogP contribution in [0.5, 0.6) is 0 Å². The van der Waals surface area contributed by atoms with Gasteiger partial charge in [0.1, 0.15) is 0 Å². The van der Waals surface area contributed by atoms with Crippen LogP contribution in [0.15, 0.2) is 4.52 Å². The van der Waals surface area contributed by atoms with Crippen LogP contribution < -0.4 is 5.32 Å². The summed E-state index contributed by atoms with van der Waals surface area (Å²) >= 11 is 0. The lowest BCUT2D eigenvalue weighted by molar-refractivity contribution is 0.302. The lowest BCUT2D eigenvalue weighted by Gasteiger charge is -2.16. The van der Waals surface area contributed by atoms with Crippen molar-refractivity contribution < 1.29 is 12.9 Å². The van der Waals surface area contributed by atoms with Gasteiger partial charge in [0, 0.05) is 19.0 Å². The highest BCUT2D eigenvalue weighted by atomic mass is 32.2. The summed E-state index contributed by atoms with van der Waals surface area (Å²) < 4.78 is 27.9. The topological polar surface area (TPSA) is 88.3 Å². The van der Waals surface area contributed by atoms with Crippen LogP contribution in [0.25, 0.3) is 0 Å². The Morgan fingerprint density at radius 1 is 1.38 bits per heavy atom. The maximum Gasteiger partial charge on any atom is 0.240 e. The third-order valence-electron chi connectivity index (χ3n) is 3.83. The van der Waals surface area contributed by atoms with Crippen LogP contribution in [0.1, 0.15) is 32.0 Å². The number of hydrogen-bond acceptors (Lipinski definition) is 7. The van der Waals surface area contributed by atoms with Crippen molar-refractivity contribution in [1.82, 2.24) is 20.4 Å². The molecular formula is C13H24N4O3S. The molecule has 2 heterocycles. The normalized spacial score (nSPS) is 21.2. The summed E-state index contributed by atoms with van der Waals surface area (Å²) in [6.45, 7) is 7.63. The van der Waals surface area contributed by atoms with Gasteiger partial charge < -0.3 is 14.7 Å². The van der Waals surface area contributed by atoms with Crippen LogP contribution in [0, 0.1) is 0 Å². The van der Waals surface area contributed by atoms with E-state index in [4.69, 9.17) is 4.52 Å². The Balaban J connectivity index is 1.75. The predicted octanol–water partition coefficient (Wildman–Crippen LogP) is 0.231. The van der Waals surface area contributed by atoms with E-state index in [2.05, 4.69) is 34.2 Å². The van der Waals surface area contributed by atoms with Gasteiger partial charge in [0.25, 0.3) is 0 Å². The lowest BCUT2D eigenvalue weighted by atomic mass is 10.3. The van der Waals surface area contributed by atoms with Gasteiger partial charge in [-0.05, 0) is 19.5 Å². The van der Waals surface area contributed by atoms with Gasteiger partial charge in [-0.15, -0.1) is 0 Å². The first-order chi connectivity index (χ1) is 10.0. The molecule has 1 aliphatic rings. The number of rotatable bonds is 8. The molecule has 0 spiro atoms. The maximum absolute atomic E-state index is 11.4. The molecule has 0 amide bonds. The van der Waals surface area contributed by atoms with Crippen LogP contribution in [0.3, 0.4) is 0 Å². The van der Waals surface area contributed by atoms with E-state index in [-0.39, 0.29) is 17.5 Å². The minimum absolute atomic E-state index is 0.000948. The monoisotopic (exact) mass is 316 g/mol. The van der Waals surface area contributed by atoms with Crippen molar-refractivity contribution in [2.24, 2.45) is 0 Å². The van der Waals surface area contributed by atoms with Crippen LogP contribution in [-0.2, 0) is 22.8 Å². The van der Waals surface area contributed by atoms with Crippen LogP contribution in [0.4, 0.5) is 0 Å². The molecular weight excluding hydrogens is 292 g/mol. The molecule has 1 unspecified atom stereocenters. The zero-order chi connectivity index (χ0) is 15.3. The average molecular weight is 316 g/mol. The zero-order valence-electron chi connectivity index (χ0n) is 12.7. The van der Waals surface area contributed by atoms with E-state index in [0.717, 1.165) is 26.1 Å². The predicted molar refractivity (Wildman–Crippen MR) is 79.7 cm³/mol.